The fourth-order valence-corrected chi connectivity index (χ4v) is 2.59. The quantitative estimate of drug-likeness (QED) is 0.776. The molecule has 2 heterocycles. The van der Waals surface area contributed by atoms with Crippen molar-refractivity contribution in [2.75, 3.05) is 19.8 Å². The van der Waals surface area contributed by atoms with Gasteiger partial charge < -0.3 is 9.64 Å². The van der Waals surface area contributed by atoms with E-state index >= 15 is 0 Å². The molecule has 4 heteroatoms. The second-order valence-electron chi connectivity index (χ2n) is 4.90. The van der Waals surface area contributed by atoms with Crippen molar-refractivity contribution in [2.45, 2.75) is 45.3 Å². The lowest BCUT2D eigenvalue weighted by molar-refractivity contribution is -0.130. The molecule has 0 aromatic rings. The van der Waals surface area contributed by atoms with Crippen LogP contribution in [-0.2, 0) is 9.53 Å². The zero-order chi connectivity index (χ0) is 11.5. The number of amides is 1. The Labute approximate surface area is 97.3 Å². The molecule has 0 bridgehead atoms. The van der Waals surface area contributed by atoms with Crippen molar-refractivity contribution < 1.29 is 9.53 Å². The molecule has 2 fully saturated rings. The van der Waals surface area contributed by atoms with Crippen LogP contribution < -0.4 is 5.32 Å². The highest BCUT2D eigenvalue weighted by Crippen LogP contribution is 2.20. The van der Waals surface area contributed by atoms with E-state index in [-0.39, 0.29) is 18.1 Å². The molecule has 0 aromatic heterocycles. The van der Waals surface area contributed by atoms with Gasteiger partial charge in [0.1, 0.15) is 0 Å². The van der Waals surface area contributed by atoms with E-state index in [0.29, 0.717) is 5.92 Å². The van der Waals surface area contributed by atoms with Gasteiger partial charge in [-0.05, 0) is 19.8 Å². The van der Waals surface area contributed by atoms with E-state index in [9.17, 15) is 4.79 Å². The minimum Gasteiger partial charge on any atom is -0.381 e. The van der Waals surface area contributed by atoms with Crippen LogP contribution in [0.1, 0.15) is 33.1 Å². The molecule has 1 N–H and O–H groups in total. The average molecular weight is 226 g/mol. The van der Waals surface area contributed by atoms with Crippen molar-refractivity contribution in [3.05, 3.63) is 0 Å². The van der Waals surface area contributed by atoms with Crippen LogP contribution in [0.4, 0.5) is 0 Å². The lowest BCUT2D eigenvalue weighted by atomic mass is 10.1. The largest absolute Gasteiger partial charge is 0.381 e. The Bertz CT molecular complexity index is 251. The summed E-state index contributed by atoms with van der Waals surface area (Å²) in [4.78, 5) is 14.1. The summed E-state index contributed by atoms with van der Waals surface area (Å²) in [6.07, 6.45) is 3.27. The van der Waals surface area contributed by atoms with Gasteiger partial charge in [0.2, 0.25) is 5.91 Å². The number of carbonyl (C=O) groups is 1. The lowest BCUT2D eigenvalue weighted by Crippen LogP contribution is -2.38. The summed E-state index contributed by atoms with van der Waals surface area (Å²) in [5.41, 5.74) is 0. The normalized spacial score (nSPS) is 35.0. The summed E-state index contributed by atoms with van der Waals surface area (Å²) < 4.78 is 5.35. The highest BCUT2D eigenvalue weighted by Gasteiger charge is 2.37. The van der Waals surface area contributed by atoms with Crippen LogP contribution >= 0.6 is 0 Å². The van der Waals surface area contributed by atoms with Gasteiger partial charge in [-0.15, -0.1) is 0 Å². The van der Waals surface area contributed by atoms with E-state index < -0.39 is 0 Å². The fraction of sp³-hybridized carbons (Fsp3) is 0.917. The van der Waals surface area contributed by atoms with Gasteiger partial charge in [0.05, 0.1) is 18.8 Å². The fourth-order valence-electron chi connectivity index (χ4n) is 2.59. The molecule has 0 aromatic carbocycles. The first-order chi connectivity index (χ1) is 7.72. The molecule has 1 amide bonds. The Morgan fingerprint density at radius 1 is 1.56 bits per heavy atom. The summed E-state index contributed by atoms with van der Waals surface area (Å²) >= 11 is 0. The maximum atomic E-state index is 12.1. The number of ether oxygens (including phenoxy) is 1. The first-order valence-electron chi connectivity index (χ1n) is 6.36. The molecule has 3 unspecified atom stereocenters. The number of nitrogens with zero attached hydrogens (tertiary/aromatic N) is 1. The standard InChI is InChI=1S/C12H22N2O2/c1-3-4-11-12(15)14(9(2)13-11)7-10-5-6-16-8-10/h9-11,13H,3-8H2,1-2H3. The zero-order valence-electron chi connectivity index (χ0n) is 10.2. The Kier molecular flexibility index (Phi) is 3.82. The van der Waals surface area contributed by atoms with Crippen molar-refractivity contribution >= 4 is 5.91 Å². The van der Waals surface area contributed by atoms with Crippen LogP contribution in [0.15, 0.2) is 0 Å². The SMILES string of the molecule is CCCC1NC(C)N(CC2CCOC2)C1=O. The van der Waals surface area contributed by atoms with E-state index in [4.69, 9.17) is 4.74 Å². The smallest absolute Gasteiger partial charge is 0.241 e. The topological polar surface area (TPSA) is 41.6 Å². The van der Waals surface area contributed by atoms with E-state index in [2.05, 4.69) is 19.2 Å². The van der Waals surface area contributed by atoms with Crippen LogP contribution in [0.3, 0.4) is 0 Å². The van der Waals surface area contributed by atoms with Crippen molar-refractivity contribution in [3.63, 3.8) is 0 Å². The van der Waals surface area contributed by atoms with Gasteiger partial charge in [-0.25, -0.2) is 0 Å². The molecule has 0 aliphatic carbocycles. The molecule has 4 nitrogen and oxygen atoms in total. The zero-order valence-corrected chi connectivity index (χ0v) is 10.2. The van der Waals surface area contributed by atoms with Gasteiger partial charge in [0.15, 0.2) is 0 Å². The van der Waals surface area contributed by atoms with Crippen LogP contribution in [0.25, 0.3) is 0 Å². The molecule has 2 aliphatic heterocycles. The molecule has 0 radical (unpaired) electrons. The second-order valence-corrected chi connectivity index (χ2v) is 4.90. The number of rotatable bonds is 4. The Morgan fingerprint density at radius 3 is 3.00 bits per heavy atom. The lowest BCUT2D eigenvalue weighted by Gasteiger charge is -2.23. The summed E-state index contributed by atoms with van der Waals surface area (Å²) in [6.45, 7) is 6.71. The minimum atomic E-state index is 0.0438. The first-order valence-corrected chi connectivity index (χ1v) is 6.36. The van der Waals surface area contributed by atoms with Crippen LogP contribution in [-0.4, -0.2) is 42.8 Å². The summed E-state index contributed by atoms with van der Waals surface area (Å²) in [6, 6.07) is 0.0438. The number of carbonyl (C=O) groups excluding carboxylic acids is 1. The van der Waals surface area contributed by atoms with E-state index in [1.54, 1.807) is 0 Å². The molecule has 0 spiro atoms. The second kappa shape index (κ2) is 5.15. The van der Waals surface area contributed by atoms with Crippen molar-refractivity contribution in [1.29, 1.82) is 0 Å². The third kappa shape index (κ3) is 2.38. The van der Waals surface area contributed by atoms with Gasteiger partial charge in [-0.1, -0.05) is 13.3 Å². The van der Waals surface area contributed by atoms with Gasteiger partial charge >= 0.3 is 0 Å². The monoisotopic (exact) mass is 226 g/mol. The van der Waals surface area contributed by atoms with Crippen LogP contribution in [0, 0.1) is 5.92 Å². The highest BCUT2D eigenvalue weighted by atomic mass is 16.5. The van der Waals surface area contributed by atoms with E-state index in [1.807, 2.05) is 4.90 Å². The number of hydrogen-bond acceptors (Lipinski definition) is 3. The van der Waals surface area contributed by atoms with Gasteiger partial charge in [0, 0.05) is 19.1 Å². The third-order valence-electron chi connectivity index (χ3n) is 3.55. The van der Waals surface area contributed by atoms with Gasteiger partial charge in [-0.2, -0.15) is 0 Å². The minimum absolute atomic E-state index is 0.0438. The molecule has 16 heavy (non-hydrogen) atoms. The number of nitrogens with one attached hydrogen (secondary N) is 1. The Morgan fingerprint density at radius 2 is 2.38 bits per heavy atom. The molecular formula is C12H22N2O2. The summed E-state index contributed by atoms with van der Waals surface area (Å²) in [7, 11) is 0. The molecule has 2 rings (SSSR count). The summed E-state index contributed by atoms with van der Waals surface area (Å²) in [5.74, 6) is 0.815. The first kappa shape index (κ1) is 11.9. The molecule has 2 aliphatic rings. The molecule has 0 saturated carbocycles. The molecular weight excluding hydrogens is 204 g/mol. The predicted molar refractivity (Wildman–Crippen MR) is 61.9 cm³/mol. The Hall–Kier alpha value is -0.610. The highest BCUT2D eigenvalue weighted by molar-refractivity contribution is 5.84. The van der Waals surface area contributed by atoms with E-state index in [1.165, 1.54) is 0 Å². The van der Waals surface area contributed by atoms with Crippen molar-refractivity contribution in [1.82, 2.24) is 10.2 Å². The summed E-state index contributed by atoms with van der Waals surface area (Å²) in [5, 5.41) is 3.36. The maximum absolute atomic E-state index is 12.1. The van der Waals surface area contributed by atoms with Gasteiger partial charge in [-0.3, -0.25) is 10.1 Å². The van der Waals surface area contributed by atoms with Gasteiger partial charge in [0.25, 0.3) is 0 Å². The number of hydrogen-bond donors (Lipinski definition) is 1. The molecule has 2 saturated heterocycles. The Balaban J connectivity index is 1.90. The third-order valence-corrected chi connectivity index (χ3v) is 3.55. The van der Waals surface area contributed by atoms with Crippen LogP contribution in [0.5, 0.6) is 0 Å². The maximum Gasteiger partial charge on any atom is 0.241 e. The van der Waals surface area contributed by atoms with E-state index in [0.717, 1.165) is 39.0 Å². The predicted octanol–water partition coefficient (Wildman–Crippen LogP) is 0.969. The molecule has 3 atom stereocenters. The van der Waals surface area contributed by atoms with Crippen molar-refractivity contribution in [3.8, 4) is 0 Å². The van der Waals surface area contributed by atoms with Crippen molar-refractivity contribution in [2.24, 2.45) is 5.92 Å². The molecule has 92 valence electrons. The van der Waals surface area contributed by atoms with Crippen LogP contribution in [0.2, 0.25) is 0 Å². The average Bonchev–Trinajstić information content (AvgIpc) is 2.84.